The summed E-state index contributed by atoms with van der Waals surface area (Å²) in [4.78, 5) is 11.2. The van der Waals surface area contributed by atoms with Crippen LogP contribution in [0.1, 0.15) is 23.7 Å². The van der Waals surface area contributed by atoms with Gasteiger partial charge in [0.1, 0.15) is 9.84 Å². The number of sulfonamides is 1. The van der Waals surface area contributed by atoms with E-state index in [1.165, 1.54) is 31.2 Å². The predicted molar refractivity (Wildman–Crippen MR) is 76.0 cm³/mol. The second kappa shape index (κ2) is 6.47. The van der Waals surface area contributed by atoms with E-state index in [-0.39, 0.29) is 29.4 Å². The van der Waals surface area contributed by atoms with Crippen LogP contribution in [0.15, 0.2) is 29.2 Å². The van der Waals surface area contributed by atoms with Crippen LogP contribution in [0, 0.1) is 0 Å². The molecule has 0 heterocycles. The molecular weight excluding hydrogens is 302 g/mol. The van der Waals surface area contributed by atoms with Gasteiger partial charge in [-0.25, -0.2) is 21.6 Å². The maximum atomic E-state index is 12.0. The van der Waals surface area contributed by atoms with Crippen LogP contribution in [0.3, 0.4) is 0 Å². The first-order chi connectivity index (χ1) is 9.12. The third-order valence-corrected chi connectivity index (χ3v) is 5.02. The molecule has 0 aromatic heterocycles. The summed E-state index contributed by atoms with van der Waals surface area (Å²) in [6.45, 7) is 1.38. The Hall–Kier alpha value is -1.25. The standard InChI is InChI=1S/C12H17NO5S2/c1-10(14)11-5-3-6-12(9-11)20(17,18)13-7-4-8-19(2,15)16/h3,5-6,9,13H,4,7-8H2,1-2H3. The molecule has 0 saturated heterocycles. The van der Waals surface area contributed by atoms with E-state index < -0.39 is 19.9 Å². The molecule has 1 aromatic carbocycles. The van der Waals surface area contributed by atoms with Crippen molar-refractivity contribution in [2.24, 2.45) is 0 Å². The Morgan fingerprint density at radius 3 is 2.40 bits per heavy atom. The highest BCUT2D eigenvalue weighted by atomic mass is 32.2. The summed E-state index contributed by atoms with van der Waals surface area (Å²) < 4.78 is 48.1. The summed E-state index contributed by atoms with van der Waals surface area (Å²) in [7, 11) is -6.84. The van der Waals surface area contributed by atoms with Crippen LogP contribution in [0.5, 0.6) is 0 Å². The summed E-state index contributed by atoms with van der Waals surface area (Å²) in [6.07, 6.45) is 1.29. The van der Waals surface area contributed by atoms with Gasteiger partial charge in [0.05, 0.1) is 10.6 Å². The van der Waals surface area contributed by atoms with Crippen molar-refractivity contribution in [3.8, 4) is 0 Å². The fraction of sp³-hybridized carbons (Fsp3) is 0.417. The fourth-order valence-electron chi connectivity index (χ4n) is 1.51. The summed E-state index contributed by atoms with van der Waals surface area (Å²) in [5, 5.41) is 0. The molecule has 1 aromatic rings. The van der Waals surface area contributed by atoms with Crippen LogP contribution in [0.4, 0.5) is 0 Å². The second-order valence-electron chi connectivity index (χ2n) is 4.47. The maximum absolute atomic E-state index is 12.0. The lowest BCUT2D eigenvalue weighted by Gasteiger charge is -2.07. The van der Waals surface area contributed by atoms with Crippen LogP contribution < -0.4 is 4.72 Å². The van der Waals surface area contributed by atoms with Crippen LogP contribution in [0.2, 0.25) is 0 Å². The van der Waals surface area contributed by atoms with E-state index in [9.17, 15) is 21.6 Å². The van der Waals surface area contributed by atoms with E-state index in [0.29, 0.717) is 5.56 Å². The summed E-state index contributed by atoms with van der Waals surface area (Å²) in [5.41, 5.74) is 0.309. The number of hydrogen-bond donors (Lipinski definition) is 1. The smallest absolute Gasteiger partial charge is 0.240 e. The SMILES string of the molecule is CC(=O)c1cccc(S(=O)(=O)NCCCS(C)(=O)=O)c1. The number of nitrogens with one attached hydrogen (secondary N) is 1. The van der Waals surface area contributed by atoms with Gasteiger partial charge in [0.25, 0.3) is 0 Å². The molecule has 0 bridgehead atoms. The highest BCUT2D eigenvalue weighted by Crippen LogP contribution is 2.11. The Kier molecular flexibility index (Phi) is 5.43. The van der Waals surface area contributed by atoms with Gasteiger partial charge in [0.15, 0.2) is 5.78 Å². The summed E-state index contributed by atoms with van der Waals surface area (Å²) >= 11 is 0. The first-order valence-corrected chi connectivity index (χ1v) is 9.44. The summed E-state index contributed by atoms with van der Waals surface area (Å²) in [6, 6.07) is 5.69. The van der Waals surface area contributed by atoms with Crippen molar-refractivity contribution in [3.63, 3.8) is 0 Å². The largest absolute Gasteiger partial charge is 0.295 e. The predicted octanol–water partition coefficient (Wildman–Crippen LogP) is 0.602. The Balaban J connectivity index is 2.74. The molecule has 0 amide bonds. The fourth-order valence-corrected chi connectivity index (χ4v) is 3.29. The number of sulfone groups is 1. The first kappa shape index (κ1) is 16.8. The van der Waals surface area contributed by atoms with Gasteiger partial charge in [-0.05, 0) is 25.5 Å². The van der Waals surface area contributed by atoms with Gasteiger partial charge < -0.3 is 0 Å². The molecule has 8 heteroatoms. The van der Waals surface area contributed by atoms with E-state index in [1.54, 1.807) is 0 Å². The first-order valence-electron chi connectivity index (χ1n) is 5.90. The van der Waals surface area contributed by atoms with Crippen molar-refractivity contribution in [2.75, 3.05) is 18.6 Å². The van der Waals surface area contributed by atoms with Crippen molar-refractivity contribution < 1.29 is 21.6 Å². The minimum atomic E-state index is -3.73. The molecule has 1 rings (SSSR count). The van der Waals surface area contributed by atoms with Gasteiger partial charge in [-0.1, -0.05) is 12.1 Å². The molecule has 20 heavy (non-hydrogen) atoms. The molecular formula is C12H17NO5S2. The molecule has 0 aliphatic heterocycles. The van der Waals surface area contributed by atoms with Gasteiger partial charge in [0.2, 0.25) is 10.0 Å². The molecule has 0 spiro atoms. The Labute approximate surface area is 119 Å². The van der Waals surface area contributed by atoms with Crippen molar-refractivity contribution in [1.82, 2.24) is 4.72 Å². The van der Waals surface area contributed by atoms with Gasteiger partial charge >= 0.3 is 0 Å². The topological polar surface area (TPSA) is 97.4 Å². The van der Waals surface area contributed by atoms with Crippen molar-refractivity contribution in [1.29, 1.82) is 0 Å². The molecule has 0 unspecified atom stereocenters. The number of carbonyl (C=O) groups excluding carboxylic acids is 1. The van der Waals surface area contributed by atoms with Crippen LogP contribution in [-0.4, -0.2) is 41.2 Å². The molecule has 0 aliphatic carbocycles. The summed E-state index contributed by atoms with van der Waals surface area (Å²) in [5.74, 6) is -0.303. The maximum Gasteiger partial charge on any atom is 0.240 e. The second-order valence-corrected chi connectivity index (χ2v) is 8.49. The molecule has 0 saturated carbocycles. The van der Waals surface area contributed by atoms with E-state index >= 15 is 0 Å². The van der Waals surface area contributed by atoms with Crippen molar-refractivity contribution in [2.45, 2.75) is 18.2 Å². The van der Waals surface area contributed by atoms with E-state index in [4.69, 9.17) is 0 Å². The zero-order valence-corrected chi connectivity index (χ0v) is 12.9. The zero-order chi connectivity index (χ0) is 15.4. The zero-order valence-electron chi connectivity index (χ0n) is 11.3. The van der Waals surface area contributed by atoms with Gasteiger partial charge in [-0.15, -0.1) is 0 Å². The lowest BCUT2D eigenvalue weighted by molar-refractivity contribution is 0.101. The monoisotopic (exact) mass is 319 g/mol. The highest BCUT2D eigenvalue weighted by Gasteiger charge is 2.15. The lowest BCUT2D eigenvalue weighted by atomic mass is 10.2. The third kappa shape index (κ3) is 5.40. The van der Waals surface area contributed by atoms with E-state index in [1.807, 2.05) is 0 Å². The van der Waals surface area contributed by atoms with Gasteiger partial charge in [-0.3, -0.25) is 4.79 Å². The Bertz CT molecular complexity index is 692. The van der Waals surface area contributed by atoms with Crippen molar-refractivity contribution in [3.05, 3.63) is 29.8 Å². The van der Waals surface area contributed by atoms with E-state index in [0.717, 1.165) is 6.26 Å². The Morgan fingerprint density at radius 2 is 1.85 bits per heavy atom. The number of benzene rings is 1. The van der Waals surface area contributed by atoms with Gasteiger partial charge in [0, 0.05) is 18.4 Å². The number of Topliss-reactive ketones (excluding diaryl/α,β-unsaturated/α-hetero) is 1. The third-order valence-electron chi connectivity index (χ3n) is 2.53. The molecule has 0 aliphatic rings. The van der Waals surface area contributed by atoms with Crippen LogP contribution in [0.25, 0.3) is 0 Å². The van der Waals surface area contributed by atoms with Gasteiger partial charge in [-0.2, -0.15) is 0 Å². The lowest BCUT2D eigenvalue weighted by Crippen LogP contribution is -2.26. The highest BCUT2D eigenvalue weighted by molar-refractivity contribution is 7.90. The van der Waals surface area contributed by atoms with Crippen LogP contribution in [-0.2, 0) is 19.9 Å². The molecule has 0 radical (unpaired) electrons. The normalized spacial score (nSPS) is 12.3. The molecule has 0 fully saturated rings. The van der Waals surface area contributed by atoms with Crippen LogP contribution >= 0.6 is 0 Å². The molecule has 112 valence electrons. The minimum absolute atomic E-state index is 0.00967. The Morgan fingerprint density at radius 1 is 1.20 bits per heavy atom. The molecule has 0 atom stereocenters. The number of ketones is 1. The van der Waals surface area contributed by atoms with E-state index in [2.05, 4.69) is 4.72 Å². The minimum Gasteiger partial charge on any atom is -0.295 e. The average molecular weight is 319 g/mol. The number of hydrogen-bond acceptors (Lipinski definition) is 5. The number of carbonyl (C=O) groups is 1. The van der Waals surface area contributed by atoms with Crippen molar-refractivity contribution >= 4 is 25.6 Å². The molecule has 6 nitrogen and oxygen atoms in total. The average Bonchev–Trinajstić information content (AvgIpc) is 2.34. The number of rotatable bonds is 7. The molecule has 1 N–H and O–H groups in total. The quantitative estimate of drug-likeness (QED) is 0.586.